The number of hydrogen-bond donors (Lipinski definition) is 0. The molecule has 1 atom stereocenters. The second kappa shape index (κ2) is 6.59. The van der Waals surface area contributed by atoms with Crippen LogP contribution in [0.5, 0.6) is 5.88 Å². The predicted molar refractivity (Wildman–Crippen MR) is 90.5 cm³/mol. The Hall–Kier alpha value is -1.44. The molecule has 124 valence electrons. The molecule has 0 N–H and O–H groups in total. The lowest BCUT2D eigenvalue weighted by Crippen LogP contribution is -2.30. The fraction of sp³-hybridized carbons (Fsp3) is 0.438. The van der Waals surface area contributed by atoms with Crippen molar-refractivity contribution in [1.82, 2.24) is 9.29 Å². The van der Waals surface area contributed by atoms with Gasteiger partial charge in [0.25, 0.3) is 10.0 Å². The van der Waals surface area contributed by atoms with E-state index >= 15 is 0 Å². The van der Waals surface area contributed by atoms with E-state index in [9.17, 15) is 8.42 Å². The number of sulfonamides is 1. The van der Waals surface area contributed by atoms with E-state index in [4.69, 9.17) is 4.74 Å². The molecular formula is C16H20N2O3S2. The number of pyridine rings is 1. The second-order valence-electron chi connectivity index (χ2n) is 5.58. The Morgan fingerprint density at radius 3 is 2.87 bits per heavy atom. The maximum absolute atomic E-state index is 12.7. The third-order valence-corrected chi connectivity index (χ3v) is 7.40. The molecular weight excluding hydrogens is 332 g/mol. The molecule has 5 nitrogen and oxygen atoms in total. The minimum atomic E-state index is -3.41. The number of aromatic nitrogens is 1. The molecule has 2 aromatic rings. The van der Waals surface area contributed by atoms with E-state index < -0.39 is 10.0 Å². The van der Waals surface area contributed by atoms with Gasteiger partial charge in [-0.15, -0.1) is 11.3 Å². The molecule has 0 aliphatic carbocycles. The highest BCUT2D eigenvalue weighted by atomic mass is 32.2. The first-order valence-electron chi connectivity index (χ1n) is 7.68. The van der Waals surface area contributed by atoms with Crippen molar-refractivity contribution in [3.8, 4) is 5.88 Å². The van der Waals surface area contributed by atoms with E-state index in [0.717, 1.165) is 17.0 Å². The third-order valence-electron chi connectivity index (χ3n) is 3.84. The van der Waals surface area contributed by atoms with E-state index in [0.29, 0.717) is 29.6 Å². The summed E-state index contributed by atoms with van der Waals surface area (Å²) in [6.45, 7) is 4.78. The fourth-order valence-corrected chi connectivity index (χ4v) is 5.52. The lowest BCUT2D eigenvalue weighted by molar-refractivity contribution is 0.206. The van der Waals surface area contributed by atoms with Gasteiger partial charge in [0, 0.05) is 23.2 Å². The Kier molecular flexibility index (Phi) is 4.70. The van der Waals surface area contributed by atoms with Crippen LogP contribution in [0.4, 0.5) is 0 Å². The largest absolute Gasteiger partial charge is 0.473 e. The average Bonchev–Trinajstić information content (AvgIpc) is 3.16. The maximum atomic E-state index is 12.7. The summed E-state index contributed by atoms with van der Waals surface area (Å²) < 4.78 is 33.1. The van der Waals surface area contributed by atoms with Gasteiger partial charge >= 0.3 is 0 Å². The fourth-order valence-electron chi connectivity index (χ4n) is 2.58. The van der Waals surface area contributed by atoms with Gasteiger partial charge in [0.2, 0.25) is 5.88 Å². The van der Waals surface area contributed by atoms with E-state index in [-0.39, 0.29) is 6.10 Å². The Bertz CT molecular complexity index is 786. The van der Waals surface area contributed by atoms with Gasteiger partial charge in [0.05, 0.1) is 6.54 Å². The number of rotatable bonds is 5. The summed E-state index contributed by atoms with van der Waals surface area (Å²) in [6.07, 6.45) is 1.39. The molecule has 0 amide bonds. The monoisotopic (exact) mass is 352 g/mol. The third kappa shape index (κ3) is 3.57. The molecule has 23 heavy (non-hydrogen) atoms. The zero-order valence-electron chi connectivity index (χ0n) is 13.2. The van der Waals surface area contributed by atoms with Crippen molar-refractivity contribution >= 4 is 21.4 Å². The maximum Gasteiger partial charge on any atom is 0.252 e. The van der Waals surface area contributed by atoms with Crippen molar-refractivity contribution < 1.29 is 13.2 Å². The Morgan fingerprint density at radius 1 is 1.35 bits per heavy atom. The average molecular weight is 352 g/mol. The first-order chi connectivity index (χ1) is 11.0. The molecule has 0 saturated carbocycles. The van der Waals surface area contributed by atoms with Gasteiger partial charge in [-0.05, 0) is 38.0 Å². The van der Waals surface area contributed by atoms with Crippen molar-refractivity contribution in [2.24, 2.45) is 0 Å². The van der Waals surface area contributed by atoms with Gasteiger partial charge in [0.15, 0.2) is 0 Å². The molecule has 7 heteroatoms. The van der Waals surface area contributed by atoms with E-state index in [1.165, 1.54) is 15.6 Å². The summed E-state index contributed by atoms with van der Waals surface area (Å²) in [5.41, 5.74) is 0.885. The van der Waals surface area contributed by atoms with Crippen LogP contribution in [0.25, 0.3) is 0 Å². The molecule has 1 aliphatic rings. The van der Waals surface area contributed by atoms with Gasteiger partial charge in [0.1, 0.15) is 10.3 Å². The van der Waals surface area contributed by atoms with Crippen LogP contribution in [0, 0.1) is 6.92 Å². The smallest absolute Gasteiger partial charge is 0.252 e. The predicted octanol–water partition coefficient (Wildman–Crippen LogP) is 2.86. The van der Waals surface area contributed by atoms with Crippen LogP contribution in [0.3, 0.4) is 0 Å². The van der Waals surface area contributed by atoms with Crippen molar-refractivity contribution in [3.05, 3.63) is 40.9 Å². The van der Waals surface area contributed by atoms with Crippen molar-refractivity contribution in [2.45, 2.75) is 37.0 Å². The molecule has 1 saturated heterocycles. The highest BCUT2D eigenvalue weighted by molar-refractivity contribution is 7.91. The number of nitrogens with zero attached hydrogens (tertiary/aromatic N) is 2. The highest BCUT2D eigenvalue weighted by Gasteiger charge is 2.34. The number of ether oxygens (including phenoxy) is 1. The van der Waals surface area contributed by atoms with Crippen LogP contribution in [0.2, 0.25) is 0 Å². The molecule has 0 aromatic carbocycles. The zero-order valence-corrected chi connectivity index (χ0v) is 14.9. The van der Waals surface area contributed by atoms with Gasteiger partial charge < -0.3 is 4.74 Å². The van der Waals surface area contributed by atoms with E-state index in [1.807, 2.05) is 32.0 Å². The first-order valence-corrected chi connectivity index (χ1v) is 9.94. The van der Waals surface area contributed by atoms with Crippen LogP contribution >= 0.6 is 11.3 Å². The zero-order chi connectivity index (χ0) is 16.4. The van der Waals surface area contributed by atoms with Crippen LogP contribution < -0.4 is 4.74 Å². The van der Waals surface area contributed by atoms with Crippen molar-refractivity contribution in [3.63, 3.8) is 0 Å². The molecule has 1 aliphatic heterocycles. The molecule has 0 spiro atoms. The van der Waals surface area contributed by atoms with Gasteiger partial charge in [-0.1, -0.05) is 13.0 Å². The first kappa shape index (κ1) is 16.4. The van der Waals surface area contributed by atoms with Gasteiger partial charge in [-0.2, -0.15) is 4.31 Å². The number of aryl methyl sites for hydroxylation is 2. The normalized spacial score (nSPS) is 19.1. The molecule has 2 aromatic heterocycles. The Balaban J connectivity index is 1.69. The molecule has 1 fully saturated rings. The summed E-state index contributed by atoms with van der Waals surface area (Å²) in [4.78, 5) is 5.39. The van der Waals surface area contributed by atoms with Crippen LogP contribution in [0.15, 0.2) is 34.5 Å². The Labute approximate surface area is 141 Å². The van der Waals surface area contributed by atoms with Gasteiger partial charge in [-0.25, -0.2) is 13.4 Å². The lowest BCUT2D eigenvalue weighted by Gasteiger charge is -2.16. The van der Waals surface area contributed by atoms with Crippen LogP contribution in [-0.2, 0) is 16.4 Å². The molecule has 1 unspecified atom stereocenters. The summed E-state index contributed by atoms with van der Waals surface area (Å²) in [6, 6.07) is 9.18. The lowest BCUT2D eigenvalue weighted by atomic mass is 10.3. The molecule has 3 rings (SSSR count). The number of thiophene rings is 1. The topological polar surface area (TPSA) is 59.5 Å². The van der Waals surface area contributed by atoms with Crippen LogP contribution in [0.1, 0.15) is 23.9 Å². The summed E-state index contributed by atoms with van der Waals surface area (Å²) >= 11 is 1.35. The SMILES string of the molecule is CCc1ccc(S(=O)(=O)N2CCC(Oc3cccc(C)n3)C2)s1. The second-order valence-corrected chi connectivity index (χ2v) is 8.92. The van der Waals surface area contributed by atoms with E-state index in [2.05, 4.69) is 4.98 Å². The van der Waals surface area contributed by atoms with Gasteiger partial charge in [-0.3, -0.25) is 0 Å². The standard InChI is InChI=1S/C16H20N2O3S2/c1-3-14-7-8-16(22-14)23(19,20)18-10-9-13(11-18)21-15-6-4-5-12(2)17-15/h4-8,13H,3,9-11H2,1-2H3. The molecule has 0 radical (unpaired) electrons. The van der Waals surface area contributed by atoms with Crippen LogP contribution in [-0.4, -0.2) is 36.9 Å². The molecule has 0 bridgehead atoms. The van der Waals surface area contributed by atoms with Crippen molar-refractivity contribution in [1.29, 1.82) is 0 Å². The molecule has 3 heterocycles. The summed E-state index contributed by atoms with van der Waals surface area (Å²) in [5, 5.41) is 0. The Morgan fingerprint density at radius 2 is 2.17 bits per heavy atom. The highest BCUT2D eigenvalue weighted by Crippen LogP contribution is 2.28. The minimum Gasteiger partial charge on any atom is -0.473 e. The van der Waals surface area contributed by atoms with E-state index in [1.54, 1.807) is 12.1 Å². The number of hydrogen-bond acceptors (Lipinski definition) is 5. The van der Waals surface area contributed by atoms with Crippen molar-refractivity contribution in [2.75, 3.05) is 13.1 Å². The minimum absolute atomic E-state index is 0.148. The summed E-state index contributed by atoms with van der Waals surface area (Å²) in [7, 11) is -3.41. The summed E-state index contributed by atoms with van der Waals surface area (Å²) in [5.74, 6) is 0.554. The quantitative estimate of drug-likeness (QED) is 0.830.